The number of likely N-dealkylation sites (N-methyl/N-ethyl adjacent to an activating group) is 1. The second-order valence-corrected chi connectivity index (χ2v) is 5.48. The van der Waals surface area contributed by atoms with Crippen LogP contribution in [-0.2, 0) is 17.8 Å². The van der Waals surface area contributed by atoms with E-state index in [1.807, 2.05) is 42.6 Å². The fraction of sp³-hybridized carbons (Fsp3) is 0.267. The SMILES string of the molecule is CCNC(=O)Cc1ccc(NCc2sccc2N)cc1. The maximum absolute atomic E-state index is 11.5. The number of rotatable bonds is 6. The molecule has 20 heavy (non-hydrogen) atoms. The maximum Gasteiger partial charge on any atom is 0.224 e. The molecular weight excluding hydrogens is 270 g/mol. The summed E-state index contributed by atoms with van der Waals surface area (Å²) in [5, 5.41) is 8.10. The van der Waals surface area contributed by atoms with Gasteiger partial charge in [-0.15, -0.1) is 11.3 Å². The van der Waals surface area contributed by atoms with E-state index in [0.717, 1.165) is 28.4 Å². The van der Waals surface area contributed by atoms with Crippen molar-refractivity contribution in [3.8, 4) is 0 Å². The lowest BCUT2D eigenvalue weighted by Crippen LogP contribution is -2.24. The molecule has 0 radical (unpaired) electrons. The highest BCUT2D eigenvalue weighted by atomic mass is 32.1. The normalized spacial score (nSPS) is 10.2. The Morgan fingerprint density at radius 2 is 2.00 bits per heavy atom. The molecule has 2 aromatic rings. The van der Waals surface area contributed by atoms with Crippen LogP contribution in [0.4, 0.5) is 11.4 Å². The van der Waals surface area contributed by atoms with Gasteiger partial charge in [0.05, 0.1) is 13.0 Å². The van der Waals surface area contributed by atoms with Crippen molar-refractivity contribution in [1.82, 2.24) is 5.32 Å². The van der Waals surface area contributed by atoms with Crippen LogP contribution in [0.3, 0.4) is 0 Å². The first-order chi connectivity index (χ1) is 9.69. The van der Waals surface area contributed by atoms with Gasteiger partial charge in [0.15, 0.2) is 0 Å². The summed E-state index contributed by atoms with van der Waals surface area (Å²) in [6.07, 6.45) is 0.423. The van der Waals surface area contributed by atoms with E-state index in [-0.39, 0.29) is 5.91 Å². The van der Waals surface area contributed by atoms with Gasteiger partial charge in [-0.2, -0.15) is 0 Å². The minimum Gasteiger partial charge on any atom is -0.398 e. The van der Waals surface area contributed by atoms with Gasteiger partial charge >= 0.3 is 0 Å². The molecule has 1 aromatic carbocycles. The molecule has 0 saturated heterocycles. The molecule has 0 spiro atoms. The number of benzene rings is 1. The van der Waals surface area contributed by atoms with E-state index in [2.05, 4.69) is 10.6 Å². The lowest BCUT2D eigenvalue weighted by Gasteiger charge is -2.07. The average molecular weight is 289 g/mol. The Morgan fingerprint density at radius 3 is 2.60 bits per heavy atom. The van der Waals surface area contributed by atoms with Gasteiger partial charge in [-0.05, 0) is 36.1 Å². The molecule has 4 N–H and O–H groups in total. The predicted molar refractivity (Wildman–Crippen MR) is 84.9 cm³/mol. The third-order valence-corrected chi connectivity index (χ3v) is 3.86. The summed E-state index contributed by atoms with van der Waals surface area (Å²) >= 11 is 1.65. The monoisotopic (exact) mass is 289 g/mol. The molecule has 5 heteroatoms. The van der Waals surface area contributed by atoms with Crippen LogP contribution in [0.5, 0.6) is 0 Å². The van der Waals surface area contributed by atoms with Crippen molar-refractivity contribution in [1.29, 1.82) is 0 Å². The number of amides is 1. The van der Waals surface area contributed by atoms with Crippen molar-refractivity contribution in [2.45, 2.75) is 19.9 Å². The van der Waals surface area contributed by atoms with E-state index in [4.69, 9.17) is 5.73 Å². The minimum absolute atomic E-state index is 0.0552. The molecule has 1 aromatic heterocycles. The quantitative estimate of drug-likeness (QED) is 0.766. The van der Waals surface area contributed by atoms with Crippen molar-refractivity contribution in [2.75, 3.05) is 17.6 Å². The van der Waals surface area contributed by atoms with Crippen molar-refractivity contribution in [2.24, 2.45) is 0 Å². The number of nitrogen functional groups attached to an aromatic ring is 1. The number of carbonyl (C=O) groups excluding carboxylic acids is 1. The van der Waals surface area contributed by atoms with E-state index >= 15 is 0 Å². The third-order valence-electron chi connectivity index (χ3n) is 2.93. The summed E-state index contributed by atoms with van der Waals surface area (Å²) in [6, 6.07) is 9.82. The highest BCUT2D eigenvalue weighted by molar-refractivity contribution is 7.10. The summed E-state index contributed by atoms with van der Waals surface area (Å²) in [6.45, 7) is 3.31. The molecule has 1 heterocycles. The van der Waals surface area contributed by atoms with Crippen molar-refractivity contribution < 1.29 is 4.79 Å². The smallest absolute Gasteiger partial charge is 0.224 e. The van der Waals surface area contributed by atoms with Gasteiger partial charge in [-0.3, -0.25) is 4.79 Å². The van der Waals surface area contributed by atoms with E-state index in [1.54, 1.807) is 11.3 Å². The van der Waals surface area contributed by atoms with E-state index < -0.39 is 0 Å². The lowest BCUT2D eigenvalue weighted by atomic mass is 10.1. The number of carbonyl (C=O) groups is 1. The van der Waals surface area contributed by atoms with Crippen LogP contribution in [-0.4, -0.2) is 12.5 Å². The fourth-order valence-electron chi connectivity index (χ4n) is 1.86. The number of hydrogen-bond donors (Lipinski definition) is 3. The molecule has 0 aliphatic carbocycles. The number of anilines is 2. The highest BCUT2D eigenvalue weighted by Crippen LogP contribution is 2.20. The van der Waals surface area contributed by atoms with Gasteiger partial charge in [-0.1, -0.05) is 12.1 Å². The molecule has 0 bridgehead atoms. The van der Waals surface area contributed by atoms with Gasteiger partial charge in [0.2, 0.25) is 5.91 Å². The lowest BCUT2D eigenvalue weighted by molar-refractivity contribution is -0.120. The summed E-state index contributed by atoms with van der Waals surface area (Å²) in [4.78, 5) is 12.6. The largest absolute Gasteiger partial charge is 0.398 e. The van der Waals surface area contributed by atoms with Crippen molar-refractivity contribution in [3.05, 3.63) is 46.2 Å². The number of nitrogens with one attached hydrogen (secondary N) is 2. The zero-order valence-electron chi connectivity index (χ0n) is 11.5. The van der Waals surface area contributed by atoms with Gasteiger partial charge in [0.1, 0.15) is 0 Å². The van der Waals surface area contributed by atoms with Gasteiger partial charge < -0.3 is 16.4 Å². The van der Waals surface area contributed by atoms with E-state index in [0.29, 0.717) is 13.0 Å². The molecule has 0 aliphatic heterocycles. The Bertz CT molecular complexity index is 563. The summed E-state index contributed by atoms with van der Waals surface area (Å²) in [5.41, 5.74) is 8.70. The topological polar surface area (TPSA) is 67.2 Å². The Kier molecular flexibility index (Phi) is 5.01. The predicted octanol–water partition coefficient (Wildman–Crippen LogP) is 2.62. The van der Waals surface area contributed by atoms with Crippen molar-refractivity contribution in [3.63, 3.8) is 0 Å². The molecule has 0 aliphatic rings. The van der Waals surface area contributed by atoms with Crippen LogP contribution in [0.15, 0.2) is 35.7 Å². The van der Waals surface area contributed by atoms with Crippen LogP contribution in [0.1, 0.15) is 17.4 Å². The molecule has 1 amide bonds. The molecule has 0 atom stereocenters. The van der Waals surface area contributed by atoms with Crippen LogP contribution in [0, 0.1) is 0 Å². The highest BCUT2D eigenvalue weighted by Gasteiger charge is 2.03. The van der Waals surface area contributed by atoms with Crippen LogP contribution >= 0.6 is 11.3 Å². The average Bonchev–Trinajstić information content (AvgIpc) is 2.84. The van der Waals surface area contributed by atoms with E-state index in [1.165, 1.54) is 0 Å². The molecular formula is C15H19N3OS. The zero-order valence-corrected chi connectivity index (χ0v) is 12.3. The fourth-order valence-corrected chi connectivity index (χ4v) is 2.60. The van der Waals surface area contributed by atoms with Crippen LogP contribution in [0.25, 0.3) is 0 Å². The standard InChI is InChI=1S/C15H19N3OS/c1-2-17-15(19)9-11-3-5-12(6-4-11)18-10-14-13(16)7-8-20-14/h3-8,18H,2,9-10,16H2,1H3,(H,17,19). The molecule has 2 rings (SSSR count). The minimum atomic E-state index is 0.0552. The first kappa shape index (κ1) is 14.4. The molecule has 0 unspecified atom stereocenters. The maximum atomic E-state index is 11.5. The van der Waals surface area contributed by atoms with Crippen LogP contribution in [0.2, 0.25) is 0 Å². The Morgan fingerprint density at radius 1 is 1.25 bits per heavy atom. The molecule has 0 fully saturated rings. The molecule has 0 saturated carbocycles. The number of nitrogens with two attached hydrogens (primary N) is 1. The van der Waals surface area contributed by atoms with Gasteiger partial charge in [0.25, 0.3) is 0 Å². The van der Waals surface area contributed by atoms with Gasteiger partial charge in [-0.25, -0.2) is 0 Å². The summed E-state index contributed by atoms with van der Waals surface area (Å²) in [5.74, 6) is 0.0552. The first-order valence-corrected chi connectivity index (χ1v) is 7.48. The zero-order chi connectivity index (χ0) is 14.4. The number of hydrogen-bond acceptors (Lipinski definition) is 4. The third kappa shape index (κ3) is 3.99. The Hall–Kier alpha value is -2.01. The second kappa shape index (κ2) is 6.96. The summed E-state index contributed by atoms with van der Waals surface area (Å²) in [7, 11) is 0. The first-order valence-electron chi connectivity index (χ1n) is 6.60. The second-order valence-electron chi connectivity index (χ2n) is 4.48. The Labute approximate surface area is 123 Å². The summed E-state index contributed by atoms with van der Waals surface area (Å²) < 4.78 is 0. The van der Waals surface area contributed by atoms with E-state index in [9.17, 15) is 4.79 Å². The molecule has 4 nitrogen and oxygen atoms in total. The van der Waals surface area contributed by atoms with Crippen molar-refractivity contribution >= 4 is 28.6 Å². The van der Waals surface area contributed by atoms with Crippen LogP contribution < -0.4 is 16.4 Å². The number of thiophene rings is 1. The Balaban J connectivity index is 1.88. The molecule has 106 valence electrons. The van der Waals surface area contributed by atoms with Gasteiger partial charge in [0, 0.05) is 22.8 Å².